The predicted molar refractivity (Wildman–Crippen MR) is 159 cm³/mol. The Morgan fingerprint density at radius 1 is 0.829 bits per heavy atom. The molecular formula is C31H27N5O4S. The van der Waals surface area contributed by atoms with Gasteiger partial charge in [0.05, 0.1) is 36.2 Å². The minimum absolute atomic E-state index is 0.0720. The number of hydrogen-bond donors (Lipinski definition) is 2. The van der Waals surface area contributed by atoms with E-state index in [0.29, 0.717) is 22.8 Å². The van der Waals surface area contributed by atoms with Gasteiger partial charge in [0.25, 0.3) is 11.8 Å². The quantitative estimate of drug-likeness (QED) is 0.117. The molecule has 0 saturated heterocycles. The van der Waals surface area contributed by atoms with Crippen molar-refractivity contribution in [3.63, 3.8) is 0 Å². The van der Waals surface area contributed by atoms with Gasteiger partial charge < -0.3 is 10.6 Å². The first-order valence-corrected chi connectivity index (χ1v) is 13.5. The average Bonchev–Trinajstić information content (AvgIpc) is 3.33. The van der Waals surface area contributed by atoms with Crippen LogP contribution in [0.5, 0.6) is 0 Å². The minimum Gasteiger partial charge on any atom is -0.318 e. The fraction of sp³-hybridized carbons (Fsp3) is 0.0968. The van der Waals surface area contributed by atoms with Gasteiger partial charge in [0, 0.05) is 16.7 Å². The molecule has 0 aliphatic heterocycles. The van der Waals surface area contributed by atoms with Gasteiger partial charge in [-0.1, -0.05) is 54.6 Å². The van der Waals surface area contributed by atoms with Gasteiger partial charge in [-0.15, -0.1) is 0 Å². The molecule has 2 aromatic heterocycles. The molecule has 10 heteroatoms. The fourth-order valence-electron chi connectivity index (χ4n) is 4.18. The molecule has 0 fully saturated rings. The van der Waals surface area contributed by atoms with E-state index in [2.05, 4.69) is 20.7 Å². The SMILES string of the molecule is COOSc1ccccc1-c1ccc(C(=O)Nc2c(C(=O)Nc3ccc(C)cn3)nn(-c3ccccc3)c2C)cc1. The molecule has 0 spiro atoms. The third-order valence-electron chi connectivity index (χ3n) is 6.26. The molecule has 9 nitrogen and oxygen atoms in total. The molecule has 2 amide bonds. The molecule has 0 aliphatic rings. The third-order valence-corrected chi connectivity index (χ3v) is 7.00. The summed E-state index contributed by atoms with van der Waals surface area (Å²) in [4.78, 5) is 36.6. The van der Waals surface area contributed by atoms with Crippen molar-refractivity contribution in [1.29, 1.82) is 0 Å². The number of pyridine rings is 1. The standard InChI is InChI=1S/C31H27N5O4S/c1-20-13-18-27(32-19-20)33-31(38)29-28(21(2)36(35-29)24-9-5-4-6-10-24)34-30(37)23-16-14-22(15-17-23)25-11-7-8-12-26(25)41-40-39-3/h4-19H,1-3H3,(H,34,37)(H,32,33,38). The Bertz CT molecular complexity index is 1670. The van der Waals surface area contributed by atoms with E-state index in [1.807, 2.05) is 79.7 Å². The van der Waals surface area contributed by atoms with Gasteiger partial charge in [0.1, 0.15) is 5.82 Å². The van der Waals surface area contributed by atoms with Crippen LogP contribution in [-0.4, -0.2) is 33.7 Å². The molecule has 0 saturated carbocycles. The van der Waals surface area contributed by atoms with Crippen LogP contribution in [0, 0.1) is 13.8 Å². The van der Waals surface area contributed by atoms with E-state index in [-0.39, 0.29) is 11.6 Å². The van der Waals surface area contributed by atoms with Gasteiger partial charge in [-0.2, -0.15) is 9.43 Å². The maximum atomic E-state index is 13.4. The van der Waals surface area contributed by atoms with Crippen LogP contribution in [0.4, 0.5) is 11.5 Å². The highest BCUT2D eigenvalue weighted by molar-refractivity contribution is 7.94. The van der Waals surface area contributed by atoms with Crippen molar-refractivity contribution in [3.05, 3.63) is 120 Å². The fourth-order valence-corrected chi connectivity index (χ4v) is 4.74. The van der Waals surface area contributed by atoms with Crippen LogP contribution in [0.15, 0.2) is 102 Å². The Balaban J connectivity index is 1.43. The molecule has 5 aromatic rings. The highest BCUT2D eigenvalue weighted by atomic mass is 32.2. The second-order valence-electron chi connectivity index (χ2n) is 9.08. The minimum atomic E-state index is -0.489. The number of nitrogens with one attached hydrogen (secondary N) is 2. The van der Waals surface area contributed by atoms with Crippen molar-refractivity contribution in [2.45, 2.75) is 18.7 Å². The lowest BCUT2D eigenvalue weighted by atomic mass is 10.0. The Hall–Kier alpha value is -4.77. The highest BCUT2D eigenvalue weighted by Crippen LogP contribution is 2.32. The first-order chi connectivity index (χ1) is 19.9. The van der Waals surface area contributed by atoms with E-state index in [9.17, 15) is 9.59 Å². The monoisotopic (exact) mass is 565 g/mol. The summed E-state index contributed by atoms with van der Waals surface area (Å²) in [7, 11) is 1.45. The zero-order valence-electron chi connectivity index (χ0n) is 22.6. The van der Waals surface area contributed by atoms with Crippen molar-refractivity contribution in [3.8, 4) is 16.8 Å². The van der Waals surface area contributed by atoms with Gasteiger partial charge in [0.2, 0.25) is 0 Å². The van der Waals surface area contributed by atoms with Crippen LogP contribution < -0.4 is 10.6 Å². The number of benzene rings is 3. The molecule has 41 heavy (non-hydrogen) atoms. The maximum absolute atomic E-state index is 13.4. The van der Waals surface area contributed by atoms with Crippen LogP contribution in [0.1, 0.15) is 32.1 Å². The average molecular weight is 566 g/mol. The van der Waals surface area contributed by atoms with E-state index in [1.54, 1.807) is 36.0 Å². The molecule has 0 unspecified atom stereocenters. The van der Waals surface area contributed by atoms with Gasteiger partial charge in [-0.3, -0.25) is 9.59 Å². The summed E-state index contributed by atoms with van der Waals surface area (Å²) in [5.41, 5.74) is 4.97. The number of para-hydroxylation sites is 1. The third kappa shape index (κ3) is 6.36. The van der Waals surface area contributed by atoms with Gasteiger partial charge in [-0.25, -0.2) is 14.6 Å². The van der Waals surface area contributed by atoms with E-state index < -0.39 is 5.91 Å². The molecule has 0 aliphatic carbocycles. The zero-order chi connectivity index (χ0) is 28.8. The Morgan fingerprint density at radius 3 is 2.27 bits per heavy atom. The highest BCUT2D eigenvalue weighted by Gasteiger charge is 2.24. The summed E-state index contributed by atoms with van der Waals surface area (Å²) in [5.74, 6) is -0.480. The number of amides is 2. The summed E-state index contributed by atoms with van der Waals surface area (Å²) >= 11 is 1.11. The van der Waals surface area contributed by atoms with Gasteiger partial charge in [0.15, 0.2) is 5.69 Å². The Kier molecular flexibility index (Phi) is 8.54. The second-order valence-corrected chi connectivity index (χ2v) is 9.82. The number of aromatic nitrogens is 3. The number of aryl methyl sites for hydroxylation is 1. The molecule has 2 heterocycles. The zero-order valence-corrected chi connectivity index (χ0v) is 23.4. The summed E-state index contributed by atoms with van der Waals surface area (Å²) in [6.07, 6.45) is 1.66. The van der Waals surface area contributed by atoms with Crippen molar-refractivity contribution in [2.75, 3.05) is 17.7 Å². The van der Waals surface area contributed by atoms with E-state index in [0.717, 1.165) is 39.3 Å². The molecule has 3 aromatic carbocycles. The molecular weight excluding hydrogens is 538 g/mol. The van der Waals surface area contributed by atoms with E-state index in [4.69, 9.17) is 9.22 Å². The first-order valence-electron chi connectivity index (χ1n) is 12.7. The Labute approximate surface area is 241 Å². The Morgan fingerprint density at radius 2 is 1.56 bits per heavy atom. The number of nitrogens with zero attached hydrogens (tertiary/aromatic N) is 3. The molecule has 0 bridgehead atoms. The lowest BCUT2D eigenvalue weighted by molar-refractivity contribution is -0.160. The number of hydrogen-bond acceptors (Lipinski definition) is 7. The number of anilines is 2. The van der Waals surface area contributed by atoms with Crippen LogP contribution in [-0.2, 0) is 9.22 Å². The number of carbonyl (C=O) groups excluding carboxylic acids is 2. The van der Waals surface area contributed by atoms with Crippen LogP contribution in [0.25, 0.3) is 16.8 Å². The van der Waals surface area contributed by atoms with E-state index in [1.165, 1.54) is 7.11 Å². The topological polar surface area (TPSA) is 107 Å². The summed E-state index contributed by atoms with van der Waals surface area (Å²) in [6, 6.07) is 27.9. The van der Waals surface area contributed by atoms with Crippen molar-refractivity contribution < 1.29 is 18.8 Å². The van der Waals surface area contributed by atoms with Crippen LogP contribution in [0.3, 0.4) is 0 Å². The van der Waals surface area contributed by atoms with Gasteiger partial charge in [-0.05, 0) is 66.9 Å². The summed E-state index contributed by atoms with van der Waals surface area (Å²) in [5, 5.41) is 10.3. The van der Waals surface area contributed by atoms with Crippen LogP contribution in [0.2, 0.25) is 0 Å². The molecule has 2 N–H and O–H groups in total. The van der Waals surface area contributed by atoms with E-state index >= 15 is 0 Å². The molecule has 0 radical (unpaired) electrons. The van der Waals surface area contributed by atoms with Crippen LogP contribution >= 0.6 is 12.0 Å². The molecule has 206 valence electrons. The van der Waals surface area contributed by atoms with Crippen molar-refractivity contribution in [2.24, 2.45) is 0 Å². The van der Waals surface area contributed by atoms with Crippen molar-refractivity contribution in [1.82, 2.24) is 14.8 Å². The normalized spacial score (nSPS) is 10.8. The smallest absolute Gasteiger partial charge is 0.279 e. The summed E-state index contributed by atoms with van der Waals surface area (Å²) in [6.45, 7) is 3.72. The summed E-state index contributed by atoms with van der Waals surface area (Å²) < 4.78 is 6.67. The number of rotatable bonds is 9. The molecule has 0 atom stereocenters. The lowest BCUT2D eigenvalue weighted by Crippen LogP contribution is -2.18. The van der Waals surface area contributed by atoms with Crippen molar-refractivity contribution >= 4 is 35.4 Å². The maximum Gasteiger partial charge on any atom is 0.279 e. The first kappa shape index (κ1) is 27.8. The predicted octanol–water partition coefficient (Wildman–Crippen LogP) is 6.64. The lowest BCUT2D eigenvalue weighted by Gasteiger charge is -2.10. The molecule has 5 rings (SSSR count). The van der Waals surface area contributed by atoms with Gasteiger partial charge >= 0.3 is 0 Å². The second kappa shape index (κ2) is 12.6. The number of carbonyl (C=O) groups is 2. The largest absolute Gasteiger partial charge is 0.318 e.